The molecular weight excluding hydrogens is 589 g/mol. The van der Waals surface area contributed by atoms with E-state index in [1.807, 2.05) is 49.5 Å². The number of benzene rings is 6. The molecule has 0 atom stereocenters. The Balaban J connectivity index is 1.20. The number of nitrogens with zero attached hydrogens (tertiary/aromatic N) is 4. The predicted octanol–water partition coefficient (Wildman–Crippen LogP) is 9.67. The first-order valence-corrected chi connectivity index (χ1v) is 16.0. The smallest absolute Gasteiger partial charge is 0.295 e. The monoisotopic (exact) mass is 620 g/mol. The van der Waals surface area contributed by atoms with Crippen LogP contribution in [0.4, 0.5) is 0 Å². The van der Waals surface area contributed by atoms with Crippen LogP contribution in [0.2, 0.25) is 0 Å². The van der Waals surface area contributed by atoms with Crippen LogP contribution in [0, 0.1) is 0 Å². The average molecular weight is 621 g/mol. The van der Waals surface area contributed by atoms with Crippen LogP contribution in [0.3, 0.4) is 0 Å². The lowest BCUT2D eigenvalue weighted by molar-refractivity contribution is 0.795. The Bertz CT molecular complexity index is 2460. The van der Waals surface area contributed by atoms with Crippen LogP contribution in [0.1, 0.15) is 0 Å². The molecule has 0 radical (unpaired) electrons. The highest BCUT2D eigenvalue weighted by Gasteiger charge is 2.15. The first-order chi connectivity index (χ1) is 23.5. The van der Waals surface area contributed by atoms with Crippen LogP contribution < -0.4 is 5.69 Å². The van der Waals surface area contributed by atoms with E-state index in [2.05, 4.69) is 115 Å². The van der Waals surface area contributed by atoms with Gasteiger partial charge in [0.2, 0.25) is 0 Å². The van der Waals surface area contributed by atoms with Crippen molar-refractivity contribution < 1.29 is 0 Å². The normalized spacial score (nSPS) is 11.2. The molecule has 0 saturated carbocycles. The highest BCUT2D eigenvalue weighted by atomic mass is 16.1. The molecule has 0 bridgehead atoms. The van der Waals surface area contributed by atoms with Crippen LogP contribution in [0.5, 0.6) is 0 Å². The Hall–Kier alpha value is -6.33. The number of hydrogen-bond donors (Lipinski definition) is 0. The third-order valence-corrected chi connectivity index (χ3v) is 9.05. The van der Waals surface area contributed by atoms with Gasteiger partial charge in [0.05, 0.1) is 22.4 Å². The van der Waals surface area contributed by atoms with Crippen molar-refractivity contribution in [2.45, 2.75) is 0 Å². The van der Waals surface area contributed by atoms with E-state index in [0.29, 0.717) is 5.82 Å². The largest absolute Gasteiger partial charge is 0.328 e. The summed E-state index contributed by atoms with van der Waals surface area (Å²) in [4.78, 5) is 22.7. The summed E-state index contributed by atoms with van der Waals surface area (Å²) in [5.74, 6) is 0.678. The molecule has 5 nitrogen and oxygen atoms in total. The summed E-state index contributed by atoms with van der Waals surface area (Å²) in [5, 5.41) is 0. The van der Waals surface area contributed by atoms with Gasteiger partial charge >= 0.3 is 5.69 Å². The fraction of sp³-hybridized carbons (Fsp3) is 0.0465. The molecule has 8 aromatic rings. The zero-order valence-electron chi connectivity index (χ0n) is 26.7. The molecule has 2 aromatic heterocycles. The molecular formula is C43H32N4O. The summed E-state index contributed by atoms with van der Waals surface area (Å²) in [6.45, 7) is 0. The second-order valence-corrected chi connectivity index (χ2v) is 12.0. The number of rotatable bonds is 6. The lowest BCUT2D eigenvalue weighted by Gasteiger charge is -2.14. The molecule has 0 saturated heterocycles. The Labute approximate surface area is 279 Å². The van der Waals surface area contributed by atoms with Gasteiger partial charge in [-0.25, -0.2) is 14.8 Å². The molecule has 0 N–H and O–H groups in total. The van der Waals surface area contributed by atoms with E-state index in [0.717, 1.165) is 61.4 Å². The van der Waals surface area contributed by atoms with E-state index in [1.165, 1.54) is 11.1 Å². The molecule has 6 aromatic carbocycles. The van der Waals surface area contributed by atoms with Gasteiger partial charge in [0.25, 0.3) is 0 Å². The van der Waals surface area contributed by atoms with Crippen molar-refractivity contribution in [2.24, 2.45) is 14.1 Å². The molecule has 230 valence electrons. The van der Waals surface area contributed by atoms with Crippen molar-refractivity contribution in [2.75, 3.05) is 0 Å². The molecule has 0 fully saturated rings. The summed E-state index contributed by atoms with van der Waals surface area (Å²) in [6.07, 6.45) is 0. The predicted molar refractivity (Wildman–Crippen MR) is 196 cm³/mol. The minimum atomic E-state index is -0.0305. The third-order valence-electron chi connectivity index (χ3n) is 9.05. The van der Waals surface area contributed by atoms with Crippen LogP contribution in [-0.2, 0) is 14.1 Å². The van der Waals surface area contributed by atoms with Crippen molar-refractivity contribution in [3.63, 3.8) is 0 Å². The molecule has 5 heteroatoms. The molecule has 0 unspecified atom stereocenters. The van der Waals surface area contributed by atoms with Crippen molar-refractivity contribution in [1.29, 1.82) is 0 Å². The number of hydrogen-bond acceptors (Lipinski definition) is 3. The van der Waals surface area contributed by atoms with Crippen molar-refractivity contribution in [3.8, 4) is 67.3 Å². The van der Waals surface area contributed by atoms with Crippen molar-refractivity contribution >= 4 is 11.0 Å². The second-order valence-electron chi connectivity index (χ2n) is 12.0. The highest BCUT2D eigenvalue weighted by molar-refractivity contribution is 5.86. The quantitative estimate of drug-likeness (QED) is 0.186. The van der Waals surface area contributed by atoms with E-state index >= 15 is 0 Å². The average Bonchev–Trinajstić information content (AvgIpc) is 3.38. The zero-order valence-corrected chi connectivity index (χ0v) is 26.7. The fourth-order valence-corrected chi connectivity index (χ4v) is 6.40. The molecule has 48 heavy (non-hydrogen) atoms. The maximum Gasteiger partial charge on any atom is 0.328 e. The van der Waals surface area contributed by atoms with E-state index in [-0.39, 0.29) is 5.69 Å². The second kappa shape index (κ2) is 12.1. The standard InChI is InChI=1S/C43H32N4O/c1-46-40-26-25-35(27-41(40)47(2)43(46)48)31-19-23-33(24-20-31)38-28-39(45-42(44-38)34-13-7-4-8-14-34)37-16-10-9-15-36(37)32-21-17-30(18-22-32)29-11-5-3-6-12-29/h3-28H,1-2H3. The van der Waals surface area contributed by atoms with Gasteiger partial charge in [0, 0.05) is 30.8 Å². The maximum atomic E-state index is 12.5. The fourth-order valence-electron chi connectivity index (χ4n) is 6.40. The minimum absolute atomic E-state index is 0.0305. The van der Waals surface area contributed by atoms with Gasteiger partial charge in [-0.05, 0) is 51.6 Å². The van der Waals surface area contributed by atoms with E-state index in [4.69, 9.17) is 9.97 Å². The van der Waals surface area contributed by atoms with Gasteiger partial charge in [-0.15, -0.1) is 0 Å². The first kappa shape index (κ1) is 29.1. The molecule has 8 rings (SSSR count). The van der Waals surface area contributed by atoms with Gasteiger partial charge in [-0.3, -0.25) is 9.13 Å². The first-order valence-electron chi connectivity index (χ1n) is 16.0. The lowest BCUT2D eigenvalue weighted by Crippen LogP contribution is -2.19. The van der Waals surface area contributed by atoms with Gasteiger partial charge < -0.3 is 0 Å². The number of imidazole rings is 1. The third kappa shape index (κ3) is 5.31. The SMILES string of the molecule is Cn1c(=O)n(C)c2cc(-c3ccc(-c4cc(-c5ccccc5-c5ccc(-c6ccccc6)cc5)nc(-c5ccccc5)n4)cc3)ccc21. The molecule has 0 amide bonds. The van der Waals surface area contributed by atoms with E-state index in [1.54, 1.807) is 16.2 Å². The van der Waals surface area contributed by atoms with Crippen LogP contribution in [0.15, 0.2) is 163 Å². The molecule has 0 aliphatic rings. The molecule has 2 heterocycles. The van der Waals surface area contributed by atoms with E-state index < -0.39 is 0 Å². The molecule has 0 spiro atoms. The topological polar surface area (TPSA) is 52.7 Å². The van der Waals surface area contributed by atoms with Crippen LogP contribution in [-0.4, -0.2) is 19.1 Å². The summed E-state index contributed by atoms with van der Waals surface area (Å²) in [7, 11) is 3.62. The number of aromatic nitrogens is 4. The van der Waals surface area contributed by atoms with Crippen LogP contribution in [0.25, 0.3) is 78.3 Å². The molecule has 0 aliphatic carbocycles. The highest BCUT2D eigenvalue weighted by Crippen LogP contribution is 2.35. The summed E-state index contributed by atoms with van der Waals surface area (Å²) < 4.78 is 3.37. The van der Waals surface area contributed by atoms with Gasteiger partial charge in [0.15, 0.2) is 5.82 Å². The van der Waals surface area contributed by atoms with Gasteiger partial charge in [0.1, 0.15) is 0 Å². The summed E-state index contributed by atoms with van der Waals surface area (Å²) in [6, 6.07) is 54.4. The van der Waals surface area contributed by atoms with Crippen LogP contribution >= 0.6 is 0 Å². The van der Waals surface area contributed by atoms with E-state index in [9.17, 15) is 4.79 Å². The van der Waals surface area contributed by atoms with Gasteiger partial charge in [-0.1, -0.05) is 140 Å². The number of aryl methyl sites for hydroxylation is 2. The zero-order chi connectivity index (χ0) is 32.6. The van der Waals surface area contributed by atoms with Crippen molar-refractivity contribution in [3.05, 3.63) is 168 Å². The summed E-state index contributed by atoms with van der Waals surface area (Å²) in [5.41, 5.74) is 13.2. The Kier molecular flexibility index (Phi) is 7.35. The lowest BCUT2D eigenvalue weighted by atomic mass is 9.94. The Morgan fingerprint density at radius 1 is 0.396 bits per heavy atom. The maximum absolute atomic E-state index is 12.5. The van der Waals surface area contributed by atoms with Gasteiger partial charge in [-0.2, -0.15) is 0 Å². The summed E-state index contributed by atoms with van der Waals surface area (Å²) >= 11 is 0. The number of fused-ring (bicyclic) bond motifs is 1. The Morgan fingerprint density at radius 3 is 1.56 bits per heavy atom. The molecule has 0 aliphatic heterocycles. The van der Waals surface area contributed by atoms with Crippen molar-refractivity contribution in [1.82, 2.24) is 19.1 Å². The minimum Gasteiger partial charge on any atom is -0.295 e. The Morgan fingerprint density at radius 2 is 0.875 bits per heavy atom.